The Bertz CT molecular complexity index is 982. The van der Waals surface area contributed by atoms with E-state index in [4.69, 9.17) is 27.9 Å². The number of esters is 1. The second-order valence-electron chi connectivity index (χ2n) is 8.53. The summed E-state index contributed by atoms with van der Waals surface area (Å²) in [4.78, 5) is 36.2. The average molecular weight is 490 g/mol. The standard InChI is InChI=1S/C26H29Cl2NO4/c1-33-25(31)15-17-4-6-18(7-5-17)19-8-10-20(11-9-19)24(30)3-2-14-29-26(32)21-12-13-22(27)23(28)16-21/h8-13,16-18H,2-7,14-15H2,1H3,(H,29,32). The molecular weight excluding hydrogens is 461 g/mol. The zero-order valence-corrected chi connectivity index (χ0v) is 20.3. The number of ketones is 1. The highest BCUT2D eigenvalue weighted by atomic mass is 35.5. The van der Waals surface area contributed by atoms with Gasteiger partial charge in [0.1, 0.15) is 0 Å². The maximum absolute atomic E-state index is 12.5. The van der Waals surface area contributed by atoms with E-state index < -0.39 is 0 Å². The maximum Gasteiger partial charge on any atom is 0.305 e. The predicted molar refractivity (Wildman–Crippen MR) is 130 cm³/mol. The smallest absolute Gasteiger partial charge is 0.305 e. The van der Waals surface area contributed by atoms with E-state index in [0.29, 0.717) is 58.8 Å². The first kappa shape index (κ1) is 25.3. The summed E-state index contributed by atoms with van der Waals surface area (Å²) >= 11 is 11.8. The molecule has 0 unspecified atom stereocenters. The van der Waals surface area contributed by atoms with Gasteiger partial charge in [-0.25, -0.2) is 0 Å². The summed E-state index contributed by atoms with van der Waals surface area (Å²) in [6.45, 7) is 0.401. The van der Waals surface area contributed by atoms with Crippen molar-refractivity contribution in [2.75, 3.05) is 13.7 Å². The molecule has 0 atom stereocenters. The molecule has 1 aliphatic carbocycles. The second-order valence-corrected chi connectivity index (χ2v) is 9.35. The van der Waals surface area contributed by atoms with Crippen molar-refractivity contribution >= 4 is 40.9 Å². The van der Waals surface area contributed by atoms with Crippen molar-refractivity contribution in [2.45, 2.75) is 50.9 Å². The summed E-state index contributed by atoms with van der Waals surface area (Å²) in [5.74, 6) is 0.570. The molecule has 1 saturated carbocycles. The number of carbonyl (C=O) groups is 3. The Hall–Kier alpha value is -2.37. The third-order valence-corrected chi connectivity index (χ3v) is 7.02. The molecule has 3 rings (SSSR count). The Kier molecular flexibility index (Phi) is 9.33. The summed E-state index contributed by atoms with van der Waals surface area (Å²) in [5, 5.41) is 3.53. The minimum Gasteiger partial charge on any atom is -0.469 e. The highest BCUT2D eigenvalue weighted by Crippen LogP contribution is 2.37. The SMILES string of the molecule is COC(=O)CC1CCC(c2ccc(C(=O)CCCNC(=O)c3ccc(Cl)c(Cl)c3)cc2)CC1. The summed E-state index contributed by atoms with van der Waals surface area (Å²) < 4.78 is 4.77. The van der Waals surface area contributed by atoms with Crippen LogP contribution in [-0.4, -0.2) is 31.3 Å². The van der Waals surface area contributed by atoms with E-state index in [9.17, 15) is 14.4 Å². The van der Waals surface area contributed by atoms with E-state index in [1.165, 1.54) is 18.7 Å². The minimum atomic E-state index is -0.244. The molecule has 7 heteroatoms. The molecule has 33 heavy (non-hydrogen) atoms. The predicted octanol–water partition coefficient (Wildman–Crippen LogP) is 6.22. The molecule has 0 aliphatic heterocycles. The number of nitrogens with one attached hydrogen (secondary N) is 1. The number of benzene rings is 2. The van der Waals surface area contributed by atoms with Crippen LogP contribution in [0.4, 0.5) is 0 Å². The van der Waals surface area contributed by atoms with Gasteiger partial charge in [0.2, 0.25) is 0 Å². The van der Waals surface area contributed by atoms with Crippen molar-refractivity contribution in [1.29, 1.82) is 0 Å². The van der Waals surface area contributed by atoms with Crippen LogP contribution in [0.2, 0.25) is 10.0 Å². The molecule has 1 fully saturated rings. The van der Waals surface area contributed by atoms with Gasteiger partial charge in [-0.05, 0) is 67.7 Å². The van der Waals surface area contributed by atoms with Gasteiger partial charge >= 0.3 is 5.97 Å². The molecule has 0 bridgehead atoms. The van der Waals surface area contributed by atoms with Gasteiger partial charge in [-0.15, -0.1) is 0 Å². The Morgan fingerprint density at radius 1 is 0.939 bits per heavy atom. The van der Waals surface area contributed by atoms with Crippen LogP contribution in [0.15, 0.2) is 42.5 Å². The molecule has 2 aromatic rings. The van der Waals surface area contributed by atoms with Crippen molar-refractivity contribution in [3.63, 3.8) is 0 Å². The molecular formula is C26H29Cl2NO4. The van der Waals surface area contributed by atoms with E-state index in [0.717, 1.165) is 25.7 Å². The number of hydrogen-bond donors (Lipinski definition) is 1. The molecule has 1 aliphatic rings. The third-order valence-electron chi connectivity index (χ3n) is 6.28. The number of hydrogen-bond acceptors (Lipinski definition) is 4. The van der Waals surface area contributed by atoms with Crippen LogP contribution in [0.5, 0.6) is 0 Å². The Balaban J connectivity index is 1.41. The Morgan fingerprint density at radius 3 is 2.24 bits per heavy atom. The highest BCUT2D eigenvalue weighted by molar-refractivity contribution is 6.42. The van der Waals surface area contributed by atoms with Crippen molar-refractivity contribution in [3.05, 3.63) is 69.2 Å². The summed E-state index contributed by atoms with van der Waals surface area (Å²) in [7, 11) is 1.44. The fourth-order valence-electron chi connectivity index (χ4n) is 4.29. The monoisotopic (exact) mass is 489 g/mol. The van der Waals surface area contributed by atoms with Crippen molar-refractivity contribution in [3.8, 4) is 0 Å². The fourth-order valence-corrected chi connectivity index (χ4v) is 4.59. The van der Waals surface area contributed by atoms with Crippen LogP contribution in [0.3, 0.4) is 0 Å². The van der Waals surface area contributed by atoms with Gasteiger partial charge in [0, 0.05) is 30.5 Å². The Morgan fingerprint density at radius 2 is 1.61 bits per heavy atom. The van der Waals surface area contributed by atoms with E-state index in [-0.39, 0.29) is 17.7 Å². The average Bonchev–Trinajstić information content (AvgIpc) is 2.83. The van der Waals surface area contributed by atoms with Gasteiger partial charge in [0.15, 0.2) is 5.78 Å². The fraction of sp³-hybridized carbons (Fsp3) is 0.423. The molecule has 176 valence electrons. The van der Waals surface area contributed by atoms with E-state index in [1.807, 2.05) is 24.3 Å². The third kappa shape index (κ3) is 7.31. The van der Waals surface area contributed by atoms with E-state index in [1.54, 1.807) is 12.1 Å². The second kappa shape index (κ2) is 12.2. The van der Waals surface area contributed by atoms with Crippen molar-refractivity contribution in [2.24, 2.45) is 5.92 Å². The van der Waals surface area contributed by atoms with E-state index >= 15 is 0 Å². The lowest BCUT2D eigenvalue weighted by molar-refractivity contribution is -0.142. The summed E-state index contributed by atoms with van der Waals surface area (Å²) in [5.41, 5.74) is 2.37. The molecule has 5 nitrogen and oxygen atoms in total. The van der Waals surface area contributed by atoms with Gasteiger partial charge in [-0.2, -0.15) is 0 Å². The number of rotatable bonds is 9. The van der Waals surface area contributed by atoms with E-state index in [2.05, 4.69) is 5.32 Å². The number of methoxy groups -OCH3 is 1. The maximum atomic E-state index is 12.5. The highest BCUT2D eigenvalue weighted by Gasteiger charge is 2.24. The number of amides is 1. The van der Waals surface area contributed by atoms with Crippen LogP contribution in [0.1, 0.15) is 77.1 Å². The lowest BCUT2D eigenvalue weighted by Crippen LogP contribution is -2.24. The van der Waals surface area contributed by atoms with Crippen LogP contribution in [0, 0.1) is 5.92 Å². The Labute approximate surface area is 204 Å². The summed E-state index contributed by atoms with van der Waals surface area (Å²) in [6.07, 6.45) is 5.56. The van der Waals surface area contributed by atoms with Gasteiger partial charge in [0.05, 0.1) is 17.2 Å². The lowest BCUT2D eigenvalue weighted by atomic mass is 9.77. The van der Waals surface area contributed by atoms with Crippen LogP contribution < -0.4 is 5.32 Å². The largest absolute Gasteiger partial charge is 0.469 e. The molecule has 1 amide bonds. The molecule has 0 heterocycles. The minimum absolute atomic E-state index is 0.0622. The zero-order chi connectivity index (χ0) is 23.8. The first-order valence-corrected chi connectivity index (χ1v) is 12.1. The topological polar surface area (TPSA) is 72.5 Å². The lowest BCUT2D eigenvalue weighted by Gasteiger charge is -2.28. The molecule has 1 N–H and O–H groups in total. The zero-order valence-electron chi connectivity index (χ0n) is 18.7. The molecule has 2 aromatic carbocycles. The quantitative estimate of drug-likeness (QED) is 0.257. The van der Waals surface area contributed by atoms with Gasteiger partial charge < -0.3 is 10.1 Å². The molecule has 0 saturated heterocycles. The molecule has 0 aromatic heterocycles. The van der Waals surface area contributed by atoms with Crippen LogP contribution >= 0.6 is 23.2 Å². The van der Waals surface area contributed by atoms with Crippen LogP contribution in [-0.2, 0) is 9.53 Å². The van der Waals surface area contributed by atoms with Gasteiger partial charge in [-0.3, -0.25) is 14.4 Å². The molecule has 0 radical (unpaired) electrons. The van der Waals surface area contributed by atoms with Crippen molar-refractivity contribution in [1.82, 2.24) is 5.32 Å². The van der Waals surface area contributed by atoms with Crippen LogP contribution in [0.25, 0.3) is 0 Å². The number of halogens is 2. The first-order chi connectivity index (χ1) is 15.9. The number of ether oxygens (including phenoxy) is 1. The van der Waals surface area contributed by atoms with Crippen molar-refractivity contribution < 1.29 is 19.1 Å². The summed E-state index contributed by atoms with van der Waals surface area (Å²) in [6, 6.07) is 12.6. The van der Waals surface area contributed by atoms with Gasteiger partial charge in [-0.1, -0.05) is 47.5 Å². The number of carbonyl (C=O) groups excluding carboxylic acids is 3. The first-order valence-electron chi connectivity index (χ1n) is 11.3. The van der Waals surface area contributed by atoms with Gasteiger partial charge in [0.25, 0.3) is 5.91 Å². The normalized spacial score (nSPS) is 17.9. The number of Topliss-reactive ketones (excluding diaryl/α,β-unsaturated/α-hetero) is 1. The molecule has 0 spiro atoms.